The van der Waals surface area contributed by atoms with Crippen LogP contribution in [-0.2, 0) is 4.79 Å². The normalized spacial score (nSPS) is 16.1. The first kappa shape index (κ1) is 15.7. The molecule has 0 atom stereocenters. The third-order valence-electron chi connectivity index (χ3n) is 3.18. The summed E-state index contributed by atoms with van der Waals surface area (Å²) < 4.78 is 0. The van der Waals surface area contributed by atoms with Crippen LogP contribution in [0.2, 0.25) is 0 Å². The summed E-state index contributed by atoms with van der Waals surface area (Å²) in [5.41, 5.74) is 0. The quantitative estimate of drug-likeness (QED) is 0.576. The van der Waals surface area contributed by atoms with E-state index in [1.54, 1.807) is 0 Å². The molecule has 1 fully saturated rings. The van der Waals surface area contributed by atoms with E-state index in [1.165, 1.54) is 4.90 Å². The number of hydrogen-bond donors (Lipinski definition) is 3. The molecule has 2 amide bonds. The summed E-state index contributed by atoms with van der Waals surface area (Å²) in [4.78, 5) is 26.1. The summed E-state index contributed by atoms with van der Waals surface area (Å²) in [6.45, 7) is 8.06. The summed E-state index contributed by atoms with van der Waals surface area (Å²) in [6.07, 6.45) is -0.0148. The molecular formula is C12H24N4O3. The smallest absolute Gasteiger partial charge is 0.317 e. The Kier molecular flexibility index (Phi) is 7.20. The molecule has 0 aromatic rings. The molecule has 1 aliphatic heterocycles. The summed E-state index contributed by atoms with van der Waals surface area (Å²) in [5.74, 6) is -0.882. The zero-order valence-corrected chi connectivity index (χ0v) is 11.5. The van der Waals surface area contributed by atoms with Crippen molar-refractivity contribution in [3.8, 4) is 0 Å². The van der Waals surface area contributed by atoms with E-state index in [4.69, 9.17) is 5.11 Å². The molecular weight excluding hydrogens is 248 g/mol. The van der Waals surface area contributed by atoms with Gasteiger partial charge in [0, 0.05) is 52.4 Å². The molecule has 1 rings (SSSR count). The van der Waals surface area contributed by atoms with E-state index >= 15 is 0 Å². The topological polar surface area (TPSA) is 84.9 Å². The molecule has 1 aliphatic rings. The van der Waals surface area contributed by atoms with Gasteiger partial charge in [-0.3, -0.25) is 9.69 Å². The number of carbonyl (C=O) groups excluding carboxylic acids is 1. The number of nitrogens with one attached hydrogen (secondary N) is 2. The molecule has 1 saturated heterocycles. The number of carboxylic acid groups (broad SMARTS) is 1. The molecule has 0 saturated carbocycles. The molecule has 0 aliphatic carbocycles. The van der Waals surface area contributed by atoms with Crippen LogP contribution in [0.1, 0.15) is 13.3 Å². The first-order valence-corrected chi connectivity index (χ1v) is 6.81. The lowest BCUT2D eigenvalue weighted by Gasteiger charge is -2.27. The molecule has 7 nitrogen and oxygen atoms in total. The highest BCUT2D eigenvalue weighted by molar-refractivity contribution is 5.75. The first-order chi connectivity index (χ1) is 9.13. The number of piperazine rings is 1. The molecule has 0 unspecified atom stereocenters. The van der Waals surface area contributed by atoms with E-state index in [0.717, 1.165) is 32.7 Å². The third kappa shape index (κ3) is 6.40. The molecule has 0 radical (unpaired) electrons. The van der Waals surface area contributed by atoms with Gasteiger partial charge in [-0.05, 0) is 6.92 Å². The van der Waals surface area contributed by atoms with E-state index in [2.05, 4.69) is 15.5 Å². The average molecular weight is 272 g/mol. The second kappa shape index (κ2) is 8.71. The zero-order chi connectivity index (χ0) is 14.1. The Morgan fingerprint density at radius 2 is 2.05 bits per heavy atom. The van der Waals surface area contributed by atoms with Crippen molar-refractivity contribution in [1.29, 1.82) is 0 Å². The average Bonchev–Trinajstić information content (AvgIpc) is 2.40. The van der Waals surface area contributed by atoms with Crippen LogP contribution in [-0.4, -0.2) is 79.3 Å². The van der Waals surface area contributed by atoms with Crippen LogP contribution in [0.25, 0.3) is 0 Å². The number of rotatable bonds is 7. The van der Waals surface area contributed by atoms with Gasteiger partial charge < -0.3 is 20.6 Å². The van der Waals surface area contributed by atoms with Gasteiger partial charge in [0.2, 0.25) is 0 Å². The van der Waals surface area contributed by atoms with E-state index in [0.29, 0.717) is 13.1 Å². The lowest BCUT2D eigenvalue weighted by atomic mass is 10.3. The molecule has 3 N–H and O–H groups in total. The Balaban J connectivity index is 2.18. The van der Waals surface area contributed by atoms with Crippen molar-refractivity contribution >= 4 is 12.0 Å². The fourth-order valence-corrected chi connectivity index (χ4v) is 2.00. The van der Waals surface area contributed by atoms with Crippen molar-refractivity contribution in [3.05, 3.63) is 0 Å². The Morgan fingerprint density at radius 3 is 2.63 bits per heavy atom. The number of carbonyl (C=O) groups is 2. The molecule has 19 heavy (non-hydrogen) atoms. The van der Waals surface area contributed by atoms with Crippen molar-refractivity contribution in [3.63, 3.8) is 0 Å². The highest BCUT2D eigenvalue weighted by atomic mass is 16.4. The van der Waals surface area contributed by atoms with Crippen LogP contribution in [0.3, 0.4) is 0 Å². The fourth-order valence-electron chi connectivity index (χ4n) is 2.00. The van der Waals surface area contributed by atoms with Crippen LogP contribution < -0.4 is 10.6 Å². The Labute approximate surface area is 113 Å². The third-order valence-corrected chi connectivity index (χ3v) is 3.18. The van der Waals surface area contributed by atoms with E-state index in [9.17, 15) is 9.59 Å². The van der Waals surface area contributed by atoms with Crippen LogP contribution in [0.5, 0.6) is 0 Å². The van der Waals surface area contributed by atoms with Crippen molar-refractivity contribution < 1.29 is 14.7 Å². The molecule has 7 heteroatoms. The highest BCUT2D eigenvalue weighted by Gasteiger charge is 2.13. The maximum atomic E-state index is 11.8. The van der Waals surface area contributed by atoms with Gasteiger partial charge in [0.1, 0.15) is 0 Å². The monoisotopic (exact) mass is 272 g/mol. The van der Waals surface area contributed by atoms with Gasteiger partial charge in [0.05, 0.1) is 6.42 Å². The van der Waals surface area contributed by atoms with Gasteiger partial charge in [0.25, 0.3) is 0 Å². The van der Waals surface area contributed by atoms with Crippen molar-refractivity contribution in [2.45, 2.75) is 13.3 Å². The van der Waals surface area contributed by atoms with E-state index in [-0.39, 0.29) is 19.0 Å². The predicted molar refractivity (Wildman–Crippen MR) is 72.2 cm³/mol. The number of hydrogen-bond acceptors (Lipinski definition) is 4. The molecule has 110 valence electrons. The lowest BCUT2D eigenvalue weighted by molar-refractivity contribution is -0.137. The van der Waals surface area contributed by atoms with Gasteiger partial charge in [-0.1, -0.05) is 0 Å². The Bertz CT molecular complexity index is 293. The molecule has 0 bridgehead atoms. The molecule has 0 spiro atoms. The predicted octanol–water partition coefficient (Wildman–Crippen LogP) is -0.602. The van der Waals surface area contributed by atoms with Crippen molar-refractivity contribution in [2.75, 3.05) is 52.4 Å². The van der Waals surface area contributed by atoms with Crippen molar-refractivity contribution in [2.24, 2.45) is 0 Å². The Hall–Kier alpha value is -1.34. The minimum Gasteiger partial charge on any atom is -0.481 e. The molecule has 0 aromatic heterocycles. The van der Waals surface area contributed by atoms with Crippen LogP contribution in [0.15, 0.2) is 0 Å². The first-order valence-electron chi connectivity index (χ1n) is 6.81. The number of nitrogens with zero attached hydrogens (tertiary/aromatic N) is 2. The van der Waals surface area contributed by atoms with Crippen LogP contribution >= 0.6 is 0 Å². The van der Waals surface area contributed by atoms with Gasteiger partial charge in [0.15, 0.2) is 0 Å². The largest absolute Gasteiger partial charge is 0.481 e. The summed E-state index contributed by atoms with van der Waals surface area (Å²) in [7, 11) is 0. The Morgan fingerprint density at radius 1 is 1.37 bits per heavy atom. The number of aliphatic carboxylic acids is 1. The van der Waals surface area contributed by atoms with Crippen molar-refractivity contribution in [1.82, 2.24) is 20.4 Å². The van der Waals surface area contributed by atoms with E-state index in [1.807, 2.05) is 6.92 Å². The SMILES string of the molecule is CCN(CCC(=O)O)C(=O)NCCN1CCNCC1. The van der Waals surface area contributed by atoms with Gasteiger partial charge in [-0.15, -0.1) is 0 Å². The summed E-state index contributed by atoms with van der Waals surface area (Å²) in [6, 6.07) is -0.182. The fraction of sp³-hybridized carbons (Fsp3) is 0.833. The standard InChI is InChI=1S/C12H24N4O3/c1-2-16(7-3-11(17)18)12(19)14-6-10-15-8-4-13-5-9-15/h13H,2-10H2,1H3,(H,14,19)(H,17,18). The van der Waals surface area contributed by atoms with Gasteiger partial charge in [-0.2, -0.15) is 0 Å². The maximum Gasteiger partial charge on any atom is 0.317 e. The number of amides is 2. The van der Waals surface area contributed by atoms with Crippen LogP contribution in [0, 0.1) is 0 Å². The van der Waals surface area contributed by atoms with E-state index < -0.39 is 5.97 Å². The minimum atomic E-state index is -0.882. The summed E-state index contributed by atoms with van der Waals surface area (Å²) in [5, 5.41) is 14.7. The zero-order valence-electron chi connectivity index (χ0n) is 11.5. The molecule has 1 heterocycles. The van der Waals surface area contributed by atoms with Gasteiger partial charge in [-0.25, -0.2) is 4.79 Å². The van der Waals surface area contributed by atoms with Crippen LogP contribution in [0.4, 0.5) is 4.79 Å². The lowest BCUT2D eigenvalue weighted by Crippen LogP contribution is -2.48. The summed E-state index contributed by atoms with van der Waals surface area (Å²) >= 11 is 0. The molecule has 0 aromatic carbocycles. The number of urea groups is 1. The second-order valence-corrected chi connectivity index (χ2v) is 4.55. The minimum absolute atomic E-state index is 0.0148. The number of carboxylic acids is 1. The maximum absolute atomic E-state index is 11.8. The highest BCUT2D eigenvalue weighted by Crippen LogP contribution is 1.94. The second-order valence-electron chi connectivity index (χ2n) is 4.55. The van der Waals surface area contributed by atoms with Gasteiger partial charge >= 0.3 is 12.0 Å².